The molecule has 0 aromatic heterocycles. The van der Waals surface area contributed by atoms with Gasteiger partial charge in [-0.1, -0.05) is 65.2 Å². The molecule has 1 N–H and O–H groups in total. The molecule has 0 aliphatic rings. The van der Waals surface area contributed by atoms with Crippen LogP contribution < -0.4 is 0 Å². The summed E-state index contributed by atoms with van der Waals surface area (Å²) in [6.07, 6.45) is 14.0. The lowest BCUT2D eigenvalue weighted by Gasteiger charge is -2.10. The van der Waals surface area contributed by atoms with Crippen molar-refractivity contribution < 1.29 is 24.2 Å². The van der Waals surface area contributed by atoms with Crippen LogP contribution in [0.5, 0.6) is 0 Å². The Morgan fingerprint density at radius 3 is 1.43 bits per heavy atom. The van der Waals surface area contributed by atoms with E-state index in [1.165, 1.54) is 38.5 Å². The molecule has 5 nitrogen and oxygen atoms in total. The Bertz CT molecular complexity index is 336. The maximum Gasteiger partial charge on any atom is 0.305 e. The van der Waals surface area contributed by atoms with E-state index in [1.54, 1.807) is 0 Å². The van der Waals surface area contributed by atoms with Crippen molar-refractivity contribution in [3.05, 3.63) is 0 Å². The molecular weight excluding hydrogens is 356 g/mol. The Morgan fingerprint density at radius 2 is 1.04 bits per heavy atom. The largest absolute Gasteiger partial charge is 0.466 e. The van der Waals surface area contributed by atoms with E-state index in [-0.39, 0.29) is 11.9 Å². The molecule has 0 amide bonds. The van der Waals surface area contributed by atoms with Crippen LogP contribution in [-0.4, -0.2) is 36.4 Å². The number of carbonyl (C=O) groups excluding carboxylic acids is 2. The van der Waals surface area contributed by atoms with E-state index in [1.807, 2.05) is 0 Å². The van der Waals surface area contributed by atoms with Crippen molar-refractivity contribution in [3.63, 3.8) is 0 Å². The average Bonchev–Trinajstić information content (AvgIpc) is 2.67. The summed E-state index contributed by atoms with van der Waals surface area (Å²) in [5, 5.41) is 9.96. The molecule has 0 unspecified atom stereocenters. The van der Waals surface area contributed by atoms with Crippen molar-refractivity contribution in [1.29, 1.82) is 0 Å². The lowest BCUT2D eigenvalue weighted by molar-refractivity contribution is -0.144. The zero-order valence-electron chi connectivity index (χ0n) is 18.4. The molecule has 0 heterocycles. The molecule has 5 heteroatoms. The highest BCUT2D eigenvalue weighted by Gasteiger charge is 2.09. The van der Waals surface area contributed by atoms with Gasteiger partial charge in [-0.3, -0.25) is 9.59 Å². The predicted octanol–water partition coefficient (Wildman–Crippen LogP) is 5.72. The Hall–Kier alpha value is -1.10. The van der Waals surface area contributed by atoms with Crippen LogP contribution in [0.3, 0.4) is 0 Å². The van der Waals surface area contributed by atoms with Crippen LogP contribution in [-0.2, 0) is 19.1 Å². The first-order valence-electron chi connectivity index (χ1n) is 11.6. The van der Waals surface area contributed by atoms with Crippen molar-refractivity contribution in [1.82, 2.24) is 0 Å². The zero-order valence-corrected chi connectivity index (χ0v) is 18.4. The first kappa shape index (κ1) is 26.9. The smallest absolute Gasteiger partial charge is 0.305 e. The molecule has 0 bridgehead atoms. The molecule has 0 radical (unpaired) electrons. The van der Waals surface area contributed by atoms with Gasteiger partial charge in [0.25, 0.3) is 0 Å². The molecule has 0 saturated heterocycles. The van der Waals surface area contributed by atoms with E-state index in [0.717, 1.165) is 25.7 Å². The van der Waals surface area contributed by atoms with Crippen LogP contribution in [0.15, 0.2) is 0 Å². The first-order valence-corrected chi connectivity index (χ1v) is 11.6. The van der Waals surface area contributed by atoms with Crippen LogP contribution >= 0.6 is 0 Å². The fourth-order valence-corrected chi connectivity index (χ4v) is 3.04. The summed E-state index contributed by atoms with van der Waals surface area (Å²) < 4.78 is 10.4. The lowest BCUT2D eigenvalue weighted by atomic mass is 10.1. The highest BCUT2D eigenvalue weighted by atomic mass is 16.5. The Balaban J connectivity index is 3.45. The van der Waals surface area contributed by atoms with Crippen molar-refractivity contribution >= 4 is 11.9 Å². The van der Waals surface area contributed by atoms with Gasteiger partial charge in [-0.05, 0) is 38.5 Å². The van der Waals surface area contributed by atoms with E-state index in [4.69, 9.17) is 9.47 Å². The molecule has 0 aromatic carbocycles. The lowest BCUT2D eigenvalue weighted by Crippen LogP contribution is -2.11. The highest BCUT2D eigenvalue weighted by Crippen LogP contribution is 2.11. The second kappa shape index (κ2) is 20.6. The molecule has 0 rings (SSSR count). The SMILES string of the molecule is CCCCCCCOC(=O)CCCC(O)CCCC(=O)OCCCCCCC. The van der Waals surface area contributed by atoms with Gasteiger partial charge in [0.05, 0.1) is 19.3 Å². The van der Waals surface area contributed by atoms with Gasteiger partial charge in [-0.15, -0.1) is 0 Å². The van der Waals surface area contributed by atoms with Gasteiger partial charge in [0.1, 0.15) is 0 Å². The Labute approximate surface area is 172 Å². The summed E-state index contributed by atoms with van der Waals surface area (Å²) in [5.74, 6) is -0.351. The topological polar surface area (TPSA) is 72.8 Å². The minimum Gasteiger partial charge on any atom is -0.466 e. The number of aliphatic hydroxyl groups excluding tert-OH is 1. The minimum atomic E-state index is -0.469. The van der Waals surface area contributed by atoms with Crippen LogP contribution in [0.2, 0.25) is 0 Å². The maximum atomic E-state index is 11.6. The molecule has 0 aliphatic heterocycles. The third-order valence-electron chi connectivity index (χ3n) is 4.86. The number of ether oxygens (including phenoxy) is 2. The fraction of sp³-hybridized carbons (Fsp3) is 0.913. The van der Waals surface area contributed by atoms with E-state index >= 15 is 0 Å². The van der Waals surface area contributed by atoms with Crippen LogP contribution in [0.1, 0.15) is 117 Å². The van der Waals surface area contributed by atoms with Crippen LogP contribution in [0, 0.1) is 0 Å². The normalized spacial score (nSPS) is 11.0. The third-order valence-corrected chi connectivity index (χ3v) is 4.86. The standard InChI is InChI=1S/C23H44O5/c1-3-5-7-9-11-19-27-22(25)17-13-15-21(24)16-14-18-23(26)28-20-12-10-8-6-4-2/h21,24H,3-20H2,1-2H3. The van der Waals surface area contributed by atoms with Crippen LogP contribution in [0.4, 0.5) is 0 Å². The summed E-state index contributed by atoms with van der Waals surface area (Å²) in [6, 6.07) is 0. The molecule has 166 valence electrons. The number of esters is 2. The summed E-state index contributed by atoms with van der Waals surface area (Å²) in [7, 11) is 0. The monoisotopic (exact) mass is 400 g/mol. The third kappa shape index (κ3) is 19.7. The average molecular weight is 401 g/mol. The summed E-state index contributed by atoms with van der Waals surface area (Å²) in [6.45, 7) is 5.37. The van der Waals surface area contributed by atoms with Gasteiger partial charge in [0.15, 0.2) is 0 Å². The van der Waals surface area contributed by atoms with Gasteiger partial charge in [-0.25, -0.2) is 0 Å². The number of rotatable bonds is 20. The number of hydrogen-bond donors (Lipinski definition) is 1. The van der Waals surface area contributed by atoms with Gasteiger partial charge >= 0.3 is 11.9 Å². The van der Waals surface area contributed by atoms with Gasteiger partial charge in [0.2, 0.25) is 0 Å². The Morgan fingerprint density at radius 1 is 0.643 bits per heavy atom. The summed E-state index contributed by atoms with van der Waals surface area (Å²) >= 11 is 0. The quantitative estimate of drug-likeness (QED) is 0.209. The molecule has 0 spiro atoms. The summed E-state index contributed by atoms with van der Waals surface area (Å²) in [5.41, 5.74) is 0. The zero-order chi connectivity index (χ0) is 20.9. The second-order valence-corrected chi connectivity index (χ2v) is 7.71. The molecule has 0 atom stereocenters. The number of aliphatic hydroxyl groups is 1. The summed E-state index contributed by atoms with van der Waals surface area (Å²) in [4.78, 5) is 23.3. The molecule has 0 aromatic rings. The predicted molar refractivity (Wildman–Crippen MR) is 113 cm³/mol. The number of hydrogen-bond acceptors (Lipinski definition) is 5. The van der Waals surface area contributed by atoms with E-state index in [0.29, 0.717) is 51.7 Å². The van der Waals surface area contributed by atoms with E-state index in [9.17, 15) is 14.7 Å². The molecule has 0 aliphatic carbocycles. The van der Waals surface area contributed by atoms with Crippen molar-refractivity contribution in [2.75, 3.05) is 13.2 Å². The van der Waals surface area contributed by atoms with E-state index < -0.39 is 6.10 Å². The second-order valence-electron chi connectivity index (χ2n) is 7.71. The van der Waals surface area contributed by atoms with Gasteiger partial charge < -0.3 is 14.6 Å². The fourth-order valence-electron chi connectivity index (χ4n) is 3.04. The minimum absolute atomic E-state index is 0.176. The molecule has 0 saturated carbocycles. The molecule has 0 fully saturated rings. The van der Waals surface area contributed by atoms with Gasteiger partial charge in [-0.2, -0.15) is 0 Å². The molecule has 28 heavy (non-hydrogen) atoms. The van der Waals surface area contributed by atoms with Crippen molar-refractivity contribution in [2.24, 2.45) is 0 Å². The van der Waals surface area contributed by atoms with E-state index in [2.05, 4.69) is 13.8 Å². The number of carbonyl (C=O) groups is 2. The number of unbranched alkanes of at least 4 members (excludes halogenated alkanes) is 8. The Kier molecular flexibility index (Phi) is 19.8. The van der Waals surface area contributed by atoms with Crippen molar-refractivity contribution in [2.45, 2.75) is 123 Å². The van der Waals surface area contributed by atoms with Gasteiger partial charge in [0, 0.05) is 12.8 Å². The maximum absolute atomic E-state index is 11.6. The highest BCUT2D eigenvalue weighted by molar-refractivity contribution is 5.69. The molecular formula is C23H44O5. The first-order chi connectivity index (χ1) is 13.6. The van der Waals surface area contributed by atoms with Crippen LogP contribution in [0.25, 0.3) is 0 Å². The van der Waals surface area contributed by atoms with Crippen molar-refractivity contribution in [3.8, 4) is 0 Å².